The largest absolute Gasteiger partial charge is 0.394 e. The SMILES string of the molecule is CC(=O)C[C@H]1CC[C@@]2(CO)CC(F)CN12. The Morgan fingerprint density at radius 2 is 2.40 bits per heavy atom. The highest BCUT2D eigenvalue weighted by atomic mass is 19.1. The molecular formula is C11H18FNO2. The van der Waals surface area contributed by atoms with Gasteiger partial charge in [0.25, 0.3) is 0 Å². The zero-order chi connectivity index (χ0) is 11.1. The second-order valence-corrected chi connectivity index (χ2v) is 4.93. The third-order valence-corrected chi connectivity index (χ3v) is 3.81. The maximum Gasteiger partial charge on any atom is 0.131 e. The van der Waals surface area contributed by atoms with Crippen molar-refractivity contribution >= 4 is 5.78 Å². The second kappa shape index (κ2) is 3.83. The average molecular weight is 215 g/mol. The van der Waals surface area contributed by atoms with Crippen LogP contribution in [0.5, 0.6) is 0 Å². The Morgan fingerprint density at radius 1 is 1.67 bits per heavy atom. The summed E-state index contributed by atoms with van der Waals surface area (Å²) in [5.41, 5.74) is -0.362. The summed E-state index contributed by atoms with van der Waals surface area (Å²) in [6.45, 7) is 1.97. The van der Waals surface area contributed by atoms with Gasteiger partial charge in [-0.25, -0.2) is 4.39 Å². The van der Waals surface area contributed by atoms with Crippen molar-refractivity contribution in [2.45, 2.75) is 50.4 Å². The highest BCUT2D eigenvalue weighted by molar-refractivity contribution is 5.76. The predicted octanol–water partition coefficient (Wildman–Crippen LogP) is 0.903. The van der Waals surface area contributed by atoms with Crippen LogP contribution in [0, 0.1) is 0 Å². The fraction of sp³-hybridized carbons (Fsp3) is 0.909. The molecule has 1 N–H and O–H groups in total. The van der Waals surface area contributed by atoms with Gasteiger partial charge in [0.15, 0.2) is 0 Å². The maximum absolute atomic E-state index is 13.3. The Hall–Kier alpha value is -0.480. The van der Waals surface area contributed by atoms with E-state index in [0.29, 0.717) is 19.4 Å². The maximum atomic E-state index is 13.3. The summed E-state index contributed by atoms with van der Waals surface area (Å²) in [5.74, 6) is 0.149. The number of aliphatic hydroxyl groups is 1. The first-order chi connectivity index (χ1) is 7.07. The van der Waals surface area contributed by atoms with Crippen molar-refractivity contribution in [3.63, 3.8) is 0 Å². The van der Waals surface area contributed by atoms with Crippen molar-refractivity contribution in [1.29, 1.82) is 0 Å². The van der Waals surface area contributed by atoms with Crippen molar-refractivity contribution in [1.82, 2.24) is 4.90 Å². The predicted molar refractivity (Wildman–Crippen MR) is 54.4 cm³/mol. The molecule has 2 fully saturated rings. The Balaban J connectivity index is 2.11. The van der Waals surface area contributed by atoms with Crippen LogP contribution >= 0.6 is 0 Å². The van der Waals surface area contributed by atoms with Gasteiger partial charge in [-0.3, -0.25) is 9.69 Å². The summed E-state index contributed by atoms with van der Waals surface area (Å²) < 4.78 is 13.3. The number of Topliss-reactive ketones (excluding diaryl/α,β-unsaturated/α-hetero) is 1. The summed E-state index contributed by atoms with van der Waals surface area (Å²) >= 11 is 0. The Bertz CT molecular complexity index is 271. The van der Waals surface area contributed by atoms with Gasteiger partial charge in [0.2, 0.25) is 0 Å². The minimum Gasteiger partial charge on any atom is -0.394 e. The summed E-state index contributed by atoms with van der Waals surface area (Å²) in [5, 5.41) is 9.40. The fourth-order valence-electron chi connectivity index (χ4n) is 3.15. The molecule has 3 nitrogen and oxygen atoms in total. The van der Waals surface area contributed by atoms with E-state index in [1.807, 2.05) is 4.90 Å². The number of hydrogen-bond donors (Lipinski definition) is 1. The molecule has 0 bridgehead atoms. The van der Waals surface area contributed by atoms with Crippen LogP contribution in [-0.4, -0.2) is 46.7 Å². The third-order valence-electron chi connectivity index (χ3n) is 3.81. The molecule has 0 aromatic heterocycles. The van der Waals surface area contributed by atoms with Gasteiger partial charge in [-0.1, -0.05) is 0 Å². The molecule has 2 aliphatic heterocycles. The van der Waals surface area contributed by atoms with Crippen molar-refractivity contribution < 1.29 is 14.3 Å². The van der Waals surface area contributed by atoms with Gasteiger partial charge in [-0.15, -0.1) is 0 Å². The molecule has 86 valence electrons. The standard InChI is InChI=1S/C11H18FNO2/c1-8(15)4-10-2-3-11(7-14)5-9(12)6-13(10)11/h9-10,14H,2-7H2,1H3/t9?,10-,11+/m1/s1. The molecule has 1 unspecified atom stereocenters. The number of halogens is 1. The number of carbonyl (C=O) groups excluding carboxylic acids is 1. The van der Waals surface area contributed by atoms with E-state index in [4.69, 9.17) is 0 Å². The summed E-state index contributed by atoms with van der Waals surface area (Å²) in [7, 11) is 0. The smallest absolute Gasteiger partial charge is 0.131 e. The quantitative estimate of drug-likeness (QED) is 0.760. The van der Waals surface area contributed by atoms with Crippen LogP contribution in [0.1, 0.15) is 32.6 Å². The molecule has 2 aliphatic rings. The highest BCUT2D eigenvalue weighted by Gasteiger charge is 2.52. The first-order valence-corrected chi connectivity index (χ1v) is 5.58. The van der Waals surface area contributed by atoms with Gasteiger partial charge in [0, 0.05) is 31.0 Å². The van der Waals surface area contributed by atoms with Gasteiger partial charge in [-0.05, 0) is 19.8 Å². The molecule has 0 spiro atoms. The van der Waals surface area contributed by atoms with E-state index in [1.165, 1.54) is 0 Å². The van der Waals surface area contributed by atoms with Crippen LogP contribution in [0.4, 0.5) is 4.39 Å². The number of hydrogen-bond acceptors (Lipinski definition) is 3. The van der Waals surface area contributed by atoms with Gasteiger partial charge >= 0.3 is 0 Å². The first kappa shape index (κ1) is 11.0. The van der Waals surface area contributed by atoms with E-state index < -0.39 is 6.17 Å². The molecule has 15 heavy (non-hydrogen) atoms. The monoisotopic (exact) mass is 215 g/mol. The van der Waals surface area contributed by atoms with Crippen LogP contribution in [-0.2, 0) is 4.79 Å². The lowest BCUT2D eigenvalue weighted by Gasteiger charge is -2.32. The summed E-state index contributed by atoms with van der Waals surface area (Å²) in [4.78, 5) is 13.1. The number of aliphatic hydroxyl groups excluding tert-OH is 1. The number of rotatable bonds is 3. The molecule has 0 aliphatic carbocycles. The zero-order valence-electron chi connectivity index (χ0n) is 9.08. The van der Waals surface area contributed by atoms with E-state index in [9.17, 15) is 14.3 Å². The second-order valence-electron chi connectivity index (χ2n) is 4.93. The van der Waals surface area contributed by atoms with Crippen LogP contribution in [0.3, 0.4) is 0 Å². The van der Waals surface area contributed by atoms with Crippen LogP contribution in [0.25, 0.3) is 0 Å². The van der Waals surface area contributed by atoms with Crippen molar-refractivity contribution in [2.75, 3.05) is 13.2 Å². The molecule has 3 atom stereocenters. The highest BCUT2D eigenvalue weighted by Crippen LogP contribution is 2.43. The summed E-state index contributed by atoms with van der Waals surface area (Å²) in [6.07, 6.45) is 1.81. The van der Waals surface area contributed by atoms with Gasteiger partial charge in [0.05, 0.1) is 6.61 Å². The Labute approximate surface area is 89.3 Å². The van der Waals surface area contributed by atoms with Crippen LogP contribution < -0.4 is 0 Å². The lowest BCUT2D eigenvalue weighted by Crippen LogP contribution is -2.45. The number of nitrogens with zero attached hydrogens (tertiary/aromatic N) is 1. The molecule has 4 heteroatoms. The van der Waals surface area contributed by atoms with E-state index in [1.54, 1.807) is 6.92 Å². The van der Waals surface area contributed by atoms with Crippen molar-refractivity contribution in [2.24, 2.45) is 0 Å². The minimum atomic E-state index is -0.841. The lowest BCUT2D eigenvalue weighted by atomic mass is 9.95. The number of carbonyl (C=O) groups is 1. The molecule has 2 saturated heterocycles. The average Bonchev–Trinajstić information content (AvgIpc) is 2.63. The molecule has 2 rings (SSSR count). The molecule has 0 aromatic carbocycles. The van der Waals surface area contributed by atoms with E-state index in [-0.39, 0.29) is 24.0 Å². The van der Waals surface area contributed by atoms with Crippen molar-refractivity contribution in [3.05, 3.63) is 0 Å². The van der Waals surface area contributed by atoms with E-state index in [0.717, 1.165) is 12.8 Å². The molecule has 0 aromatic rings. The molecule has 0 amide bonds. The minimum absolute atomic E-state index is 0.0157. The van der Waals surface area contributed by atoms with Gasteiger partial charge < -0.3 is 5.11 Å². The van der Waals surface area contributed by atoms with Gasteiger partial charge in [0.1, 0.15) is 12.0 Å². The van der Waals surface area contributed by atoms with Crippen LogP contribution in [0.2, 0.25) is 0 Å². The van der Waals surface area contributed by atoms with Crippen LogP contribution in [0.15, 0.2) is 0 Å². The zero-order valence-corrected chi connectivity index (χ0v) is 9.08. The summed E-state index contributed by atoms with van der Waals surface area (Å²) in [6, 6.07) is 0.149. The molecular weight excluding hydrogens is 197 g/mol. The first-order valence-electron chi connectivity index (χ1n) is 5.58. The lowest BCUT2D eigenvalue weighted by molar-refractivity contribution is -0.118. The Morgan fingerprint density at radius 3 is 3.00 bits per heavy atom. The number of ketones is 1. The van der Waals surface area contributed by atoms with E-state index in [2.05, 4.69) is 0 Å². The number of fused-ring (bicyclic) bond motifs is 1. The fourth-order valence-corrected chi connectivity index (χ4v) is 3.15. The third kappa shape index (κ3) is 1.81. The van der Waals surface area contributed by atoms with Crippen molar-refractivity contribution in [3.8, 4) is 0 Å². The topological polar surface area (TPSA) is 40.5 Å². The van der Waals surface area contributed by atoms with E-state index >= 15 is 0 Å². The normalized spacial score (nSPS) is 40.7. The molecule has 0 saturated carbocycles. The van der Waals surface area contributed by atoms with Gasteiger partial charge in [-0.2, -0.15) is 0 Å². The molecule has 0 radical (unpaired) electrons. The Kier molecular flexibility index (Phi) is 2.81. The molecule has 2 heterocycles. The number of alkyl halides is 1.